The molecule has 1 aromatic rings. The highest BCUT2D eigenvalue weighted by molar-refractivity contribution is 5.27. The van der Waals surface area contributed by atoms with Crippen LogP contribution in [-0.4, -0.2) is 13.3 Å². The Morgan fingerprint density at radius 3 is 2.62 bits per heavy atom. The van der Waals surface area contributed by atoms with Crippen molar-refractivity contribution in [2.45, 2.75) is 12.2 Å². The van der Waals surface area contributed by atoms with Crippen LogP contribution in [0.15, 0.2) is 16.7 Å². The minimum absolute atomic E-state index is 0.00447. The second-order valence-corrected chi connectivity index (χ2v) is 2.37. The lowest BCUT2D eigenvalue weighted by Gasteiger charge is -2.13. The van der Waals surface area contributed by atoms with Gasteiger partial charge in [-0.2, -0.15) is 13.2 Å². The molecule has 6 heteroatoms. The van der Waals surface area contributed by atoms with Crippen LogP contribution in [0, 0.1) is 0 Å². The lowest BCUT2D eigenvalue weighted by molar-refractivity contribution is -0.153. The molecule has 0 aromatic carbocycles. The van der Waals surface area contributed by atoms with E-state index < -0.39 is 18.0 Å². The number of furan rings is 1. The van der Waals surface area contributed by atoms with E-state index in [1.54, 1.807) is 0 Å². The summed E-state index contributed by atoms with van der Waals surface area (Å²) < 4.78 is 45.5. The number of hydrogen-bond donors (Lipinski definition) is 1. The molecule has 2 N–H and O–H groups in total. The summed E-state index contributed by atoms with van der Waals surface area (Å²) in [4.78, 5) is 0. The average molecular weight is 195 g/mol. The Bertz CT molecular complexity index is 282. The molecule has 0 aliphatic carbocycles. The molecule has 74 valence electrons. The number of ether oxygens (including phenoxy) is 1. The van der Waals surface area contributed by atoms with Crippen LogP contribution in [0.4, 0.5) is 13.2 Å². The summed E-state index contributed by atoms with van der Waals surface area (Å²) in [7, 11) is 1.25. The first-order valence-electron chi connectivity index (χ1n) is 3.40. The van der Waals surface area contributed by atoms with Gasteiger partial charge in [-0.15, -0.1) is 0 Å². The van der Waals surface area contributed by atoms with E-state index in [0.29, 0.717) is 0 Å². The van der Waals surface area contributed by atoms with Crippen molar-refractivity contribution >= 4 is 0 Å². The number of nitrogens with two attached hydrogens (primary N) is 1. The van der Waals surface area contributed by atoms with Gasteiger partial charge in [-0.3, -0.25) is 0 Å². The highest BCUT2D eigenvalue weighted by Gasteiger charge is 2.41. The van der Waals surface area contributed by atoms with Gasteiger partial charge in [-0.25, -0.2) is 0 Å². The smallest absolute Gasteiger partial charge is 0.410 e. The molecule has 0 bridgehead atoms. The van der Waals surface area contributed by atoms with Gasteiger partial charge in [-0.1, -0.05) is 0 Å². The first kappa shape index (κ1) is 9.91. The normalized spacial score (nSPS) is 14.2. The lowest BCUT2D eigenvalue weighted by Crippen LogP contribution is -2.28. The van der Waals surface area contributed by atoms with Crippen molar-refractivity contribution in [3.05, 3.63) is 18.1 Å². The molecule has 0 spiro atoms. The Hall–Kier alpha value is -1.17. The molecule has 1 unspecified atom stereocenters. The molecule has 13 heavy (non-hydrogen) atoms. The maximum atomic E-state index is 12.1. The fraction of sp³-hybridized carbons (Fsp3) is 0.429. The molecule has 0 saturated carbocycles. The van der Waals surface area contributed by atoms with Gasteiger partial charge in [0.1, 0.15) is 0 Å². The molecule has 0 aliphatic heterocycles. The first-order valence-corrected chi connectivity index (χ1v) is 3.40. The minimum Gasteiger partial charge on any atom is -0.493 e. The van der Waals surface area contributed by atoms with E-state index in [1.807, 2.05) is 0 Å². The number of halogens is 3. The Morgan fingerprint density at radius 2 is 2.15 bits per heavy atom. The average Bonchev–Trinajstić information content (AvgIpc) is 2.48. The quantitative estimate of drug-likeness (QED) is 0.783. The fourth-order valence-electron chi connectivity index (χ4n) is 0.853. The highest BCUT2D eigenvalue weighted by Crippen LogP contribution is 2.35. The molecule has 0 amide bonds. The zero-order valence-corrected chi connectivity index (χ0v) is 6.76. The molecule has 0 saturated heterocycles. The minimum atomic E-state index is -4.52. The summed E-state index contributed by atoms with van der Waals surface area (Å²) in [5.41, 5.74) is 4.89. The van der Waals surface area contributed by atoms with Crippen LogP contribution in [0.1, 0.15) is 11.8 Å². The zero-order valence-electron chi connectivity index (χ0n) is 6.76. The summed E-state index contributed by atoms with van der Waals surface area (Å²) in [5.74, 6) is -0.403. The van der Waals surface area contributed by atoms with Crippen molar-refractivity contribution in [2.75, 3.05) is 7.11 Å². The maximum absolute atomic E-state index is 12.1. The van der Waals surface area contributed by atoms with E-state index in [2.05, 4.69) is 9.15 Å². The molecular weight excluding hydrogens is 187 g/mol. The monoisotopic (exact) mass is 195 g/mol. The van der Waals surface area contributed by atoms with Crippen molar-refractivity contribution in [1.82, 2.24) is 0 Å². The number of alkyl halides is 3. The second-order valence-electron chi connectivity index (χ2n) is 2.37. The van der Waals surface area contributed by atoms with Crippen LogP contribution in [0.3, 0.4) is 0 Å². The summed E-state index contributed by atoms with van der Waals surface area (Å²) in [6.45, 7) is 0. The summed E-state index contributed by atoms with van der Waals surface area (Å²) in [5, 5.41) is 0. The number of hydrogen-bond acceptors (Lipinski definition) is 3. The second kappa shape index (κ2) is 3.29. The molecule has 0 aliphatic rings. The van der Waals surface area contributed by atoms with Gasteiger partial charge >= 0.3 is 6.18 Å². The fourth-order valence-corrected chi connectivity index (χ4v) is 0.853. The van der Waals surface area contributed by atoms with Gasteiger partial charge in [0.2, 0.25) is 0 Å². The van der Waals surface area contributed by atoms with Gasteiger partial charge in [0.15, 0.2) is 17.6 Å². The van der Waals surface area contributed by atoms with Crippen LogP contribution in [0.2, 0.25) is 0 Å². The van der Waals surface area contributed by atoms with E-state index in [4.69, 9.17) is 5.73 Å². The van der Waals surface area contributed by atoms with Crippen molar-refractivity contribution in [3.63, 3.8) is 0 Å². The van der Waals surface area contributed by atoms with Crippen molar-refractivity contribution in [2.24, 2.45) is 5.73 Å². The molecule has 1 atom stereocenters. The first-order chi connectivity index (χ1) is 5.96. The summed E-state index contributed by atoms with van der Waals surface area (Å²) in [6.07, 6.45) is -3.43. The summed E-state index contributed by atoms with van der Waals surface area (Å²) in [6, 6.07) is -0.863. The molecule has 0 fully saturated rings. The zero-order chi connectivity index (χ0) is 10.1. The topological polar surface area (TPSA) is 48.4 Å². The van der Waals surface area contributed by atoms with Crippen LogP contribution < -0.4 is 10.5 Å². The third-order valence-electron chi connectivity index (χ3n) is 1.51. The predicted molar refractivity (Wildman–Crippen MR) is 38.2 cm³/mol. The third-order valence-corrected chi connectivity index (χ3v) is 1.51. The van der Waals surface area contributed by atoms with Crippen molar-refractivity contribution < 1.29 is 22.3 Å². The van der Waals surface area contributed by atoms with E-state index in [-0.39, 0.29) is 5.75 Å². The van der Waals surface area contributed by atoms with E-state index >= 15 is 0 Å². The van der Waals surface area contributed by atoms with Gasteiger partial charge in [0.25, 0.3) is 0 Å². The molecule has 1 rings (SSSR count). The number of rotatable bonds is 2. The van der Waals surface area contributed by atoms with Gasteiger partial charge in [0.05, 0.1) is 13.4 Å². The Labute approximate surface area is 72.3 Å². The predicted octanol–water partition coefficient (Wildman–Crippen LogP) is 1.85. The SMILES string of the molecule is COc1ccoc1C(N)C(F)(F)F. The van der Waals surface area contributed by atoms with Crippen LogP contribution in [0.5, 0.6) is 5.75 Å². The van der Waals surface area contributed by atoms with Crippen LogP contribution in [-0.2, 0) is 0 Å². The lowest BCUT2D eigenvalue weighted by atomic mass is 10.2. The van der Waals surface area contributed by atoms with Gasteiger partial charge in [-0.05, 0) is 0 Å². The Morgan fingerprint density at radius 1 is 1.54 bits per heavy atom. The Kier molecular flexibility index (Phi) is 2.51. The van der Waals surface area contributed by atoms with E-state index in [1.165, 1.54) is 13.2 Å². The van der Waals surface area contributed by atoms with Crippen LogP contribution in [0.25, 0.3) is 0 Å². The number of methoxy groups -OCH3 is 1. The van der Waals surface area contributed by atoms with Gasteiger partial charge < -0.3 is 14.9 Å². The van der Waals surface area contributed by atoms with E-state index in [0.717, 1.165) is 6.26 Å². The molecule has 0 radical (unpaired) electrons. The summed E-state index contributed by atoms with van der Waals surface area (Å²) >= 11 is 0. The molecule has 1 aromatic heterocycles. The standard InChI is InChI=1S/C7H8F3NO2/c1-12-4-2-3-13-5(4)6(11)7(8,9)10/h2-3,6H,11H2,1H3. The van der Waals surface area contributed by atoms with Crippen molar-refractivity contribution in [3.8, 4) is 5.75 Å². The van der Waals surface area contributed by atoms with E-state index in [9.17, 15) is 13.2 Å². The highest BCUT2D eigenvalue weighted by atomic mass is 19.4. The molecular formula is C7H8F3NO2. The molecule has 1 heterocycles. The van der Waals surface area contributed by atoms with Crippen LogP contribution >= 0.6 is 0 Å². The Balaban J connectivity index is 2.94. The largest absolute Gasteiger partial charge is 0.493 e. The third kappa shape index (κ3) is 1.95. The maximum Gasteiger partial charge on any atom is 0.410 e. The van der Waals surface area contributed by atoms with Crippen molar-refractivity contribution in [1.29, 1.82) is 0 Å². The van der Waals surface area contributed by atoms with Gasteiger partial charge in [0, 0.05) is 6.07 Å². The molecule has 3 nitrogen and oxygen atoms in total.